The monoisotopic (exact) mass is 392 g/mol. The number of amides is 1. The summed E-state index contributed by atoms with van der Waals surface area (Å²) in [5.41, 5.74) is 3.62. The van der Waals surface area contributed by atoms with Crippen molar-refractivity contribution in [2.75, 3.05) is 5.32 Å². The van der Waals surface area contributed by atoms with Crippen LogP contribution < -0.4 is 5.32 Å². The van der Waals surface area contributed by atoms with Gasteiger partial charge >= 0.3 is 0 Å². The van der Waals surface area contributed by atoms with E-state index < -0.39 is 9.84 Å². The molecule has 0 fully saturated rings. The fraction of sp³-hybridized carbons (Fsp3) is 0.0500. The maximum atomic E-state index is 12.3. The number of pyridine rings is 1. The Hall–Kier alpha value is -3.52. The Kier molecular flexibility index (Phi) is 4.40. The van der Waals surface area contributed by atoms with Gasteiger partial charge in [-0.3, -0.25) is 14.5 Å². The van der Waals surface area contributed by atoms with Crippen LogP contribution in [0, 0.1) is 0 Å². The molecule has 0 unspecified atom stereocenters. The summed E-state index contributed by atoms with van der Waals surface area (Å²) in [4.78, 5) is 16.6. The second-order valence-corrected chi connectivity index (χ2v) is 8.09. The quantitative estimate of drug-likeness (QED) is 0.689. The highest BCUT2D eigenvalue weighted by atomic mass is 32.2. The minimum atomic E-state index is -3.42. The predicted octanol–water partition coefficient (Wildman–Crippen LogP) is 2.89. The molecular formula is C20H16N4O3S. The minimum Gasteiger partial charge on any atom is -0.322 e. The maximum absolute atomic E-state index is 12.3. The average molecular weight is 392 g/mol. The van der Waals surface area contributed by atoms with Crippen LogP contribution >= 0.6 is 0 Å². The fourth-order valence-electron chi connectivity index (χ4n) is 2.94. The van der Waals surface area contributed by atoms with Crippen LogP contribution in [0.2, 0.25) is 0 Å². The topological polar surface area (TPSA) is 94.0 Å². The number of hydrogen-bond donors (Lipinski definition) is 1. The SMILES string of the molecule is Cn1cc(-c2ccncc2C=CC(=O)Nc2ccc3c(c2)S(=O)(=O)C=C3)cn1. The third-order valence-electron chi connectivity index (χ3n) is 4.30. The Morgan fingerprint density at radius 1 is 1.21 bits per heavy atom. The van der Waals surface area contributed by atoms with Gasteiger partial charge in [0.05, 0.1) is 11.1 Å². The first kappa shape index (κ1) is 17.9. The van der Waals surface area contributed by atoms with E-state index in [4.69, 9.17) is 0 Å². The lowest BCUT2D eigenvalue weighted by Crippen LogP contribution is -2.08. The zero-order valence-electron chi connectivity index (χ0n) is 14.9. The van der Waals surface area contributed by atoms with E-state index in [2.05, 4.69) is 15.4 Å². The van der Waals surface area contributed by atoms with Gasteiger partial charge in [-0.2, -0.15) is 5.10 Å². The molecular weight excluding hydrogens is 376 g/mol. The third-order valence-corrected chi connectivity index (χ3v) is 5.76. The van der Waals surface area contributed by atoms with Crippen LogP contribution in [0.4, 0.5) is 5.69 Å². The molecule has 0 spiro atoms. The van der Waals surface area contributed by atoms with Gasteiger partial charge in [0, 0.05) is 53.9 Å². The van der Waals surface area contributed by atoms with Gasteiger partial charge < -0.3 is 5.32 Å². The number of carbonyl (C=O) groups excluding carboxylic acids is 1. The van der Waals surface area contributed by atoms with Gasteiger partial charge in [0.2, 0.25) is 15.7 Å². The highest BCUT2D eigenvalue weighted by molar-refractivity contribution is 7.94. The molecule has 1 aromatic carbocycles. The Labute approximate surface area is 162 Å². The number of anilines is 1. The number of nitrogens with zero attached hydrogens (tertiary/aromatic N) is 3. The van der Waals surface area contributed by atoms with Crippen molar-refractivity contribution in [2.24, 2.45) is 7.05 Å². The number of rotatable bonds is 4. The number of nitrogens with one attached hydrogen (secondary N) is 1. The van der Waals surface area contributed by atoms with E-state index in [9.17, 15) is 13.2 Å². The minimum absolute atomic E-state index is 0.195. The van der Waals surface area contributed by atoms with Crippen LogP contribution in [0.1, 0.15) is 11.1 Å². The number of benzene rings is 1. The number of aryl methyl sites for hydroxylation is 1. The Bertz CT molecular complexity index is 1240. The Balaban J connectivity index is 1.54. The second kappa shape index (κ2) is 6.90. The number of hydrogen-bond acceptors (Lipinski definition) is 5. The summed E-state index contributed by atoms with van der Waals surface area (Å²) >= 11 is 0. The van der Waals surface area contributed by atoms with E-state index in [1.54, 1.807) is 47.6 Å². The maximum Gasteiger partial charge on any atom is 0.248 e. The van der Waals surface area contributed by atoms with E-state index in [1.165, 1.54) is 12.1 Å². The molecule has 2 aromatic heterocycles. The zero-order valence-corrected chi connectivity index (χ0v) is 15.7. The van der Waals surface area contributed by atoms with Crippen LogP contribution in [-0.4, -0.2) is 29.1 Å². The van der Waals surface area contributed by atoms with Crippen LogP contribution in [0.5, 0.6) is 0 Å². The number of sulfone groups is 1. The van der Waals surface area contributed by atoms with Gasteiger partial charge in [-0.1, -0.05) is 6.07 Å². The molecule has 1 N–H and O–H groups in total. The molecule has 0 aliphatic carbocycles. The van der Waals surface area contributed by atoms with Gasteiger partial charge in [-0.05, 0) is 41.5 Å². The van der Waals surface area contributed by atoms with Gasteiger partial charge in [0.25, 0.3) is 0 Å². The lowest BCUT2D eigenvalue weighted by atomic mass is 10.0. The summed E-state index contributed by atoms with van der Waals surface area (Å²) in [5, 5.41) is 8.01. The van der Waals surface area contributed by atoms with E-state index in [0.717, 1.165) is 22.1 Å². The van der Waals surface area contributed by atoms with Crippen molar-refractivity contribution in [1.29, 1.82) is 0 Å². The molecule has 1 aliphatic heterocycles. The fourth-order valence-corrected chi connectivity index (χ4v) is 4.17. The molecule has 8 heteroatoms. The highest BCUT2D eigenvalue weighted by Crippen LogP contribution is 2.29. The lowest BCUT2D eigenvalue weighted by Gasteiger charge is -2.06. The molecule has 1 amide bonds. The third kappa shape index (κ3) is 3.49. The van der Waals surface area contributed by atoms with Crippen molar-refractivity contribution in [3.8, 4) is 11.1 Å². The molecule has 0 radical (unpaired) electrons. The Morgan fingerprint density at radius 3 is 2.86 bits per heavy atom. The van der Waals surface area contributed by atoms with E-state index in [0.29, 0.717) is 11.3 Å². The van der Waals surface area contributed by atoms with Crippen LogP contribution in [0.25, 0.3) is 23.3 Å². The van der Waals surface area contributed by atoms with Crippen molar-refractivity contribution in [1.82, 2.24) is 14.8 Å². The normalized spacial score (nSPS) is 14.3. The molecule has 3 heterocycles. The molecule has 0 saturated carbocycles. The first-order chi connectivity index (χ1) is 13.4. The summed E-state index contributed by atoms with van der Waals surface area (Å²) in [6.45, 7) is 0. The summed E-state index contributed by atoms with van der Waals surface area (Å²) in [5.74, 6) is -0.371. The average Bonchev–Trinajstić information content (AvgIpc) is 3.24. The largest absolute Gasteiger partial charge is 0.322 e. The first-order valence-corrected chi connectivity index (χ1v) is 9.96. The van der Waals surface area contributed by atoms with E-state index in [-0.39, 0.29) is 10.8 Å². The van der Waals surface area contributed by atoms with Crippen LogP contribution in [-0.2, 0) is 21.7 Å². The van der Waals surface area contributed by atoms with Crippen LogP contribution in [0.3, 0.4) is 0 Å². The smallest absolute Gasteiger partial charge is 0.248 e. The van der Waals surface area contributed by atoms with Gasteiger partial charge in [-0.25, -0.2) is 8.42 Å². The predicted molar refractivity (Wildman–Crippen MR) is 107 cm³/mol. The van der Waals surface area contributed by atoms with Crippen molar-refractivity contribution in [3.05, 3.63) is 71.7 Å². The van der Waals surface area contributed by atoms with Crippen molar-refractivity contribution in [3.63, 3.8) is 0 Å². The van der Waals surface area contributed by atoms with Crippen LogP contribution in [0.15, 0.2) is 65.4 Å². The van der Waals surface area contributed by atoms with Crippen molar-refractivity contribution >= 4 is 33.6 Å². The van der Waals surface area contributed by atoms with E-state index >= 15 is 0 Å². The number of fused-ring (bicyclic) bond motifs is 1. The molecule has 0 bridgehead atoms. The van der Waals surface area contributed by atoms with Gasteiger partial charge in [-0.15, -0.1) is 0 Å². The van der Waals surface area contributed by atoms with Gasteiger partial charge in [0.15, 0.2) is 0 Å². The first-order valence-electron chi connectivity index (χ1n) is 8.42. The van der Waals surface area contributed by atoms with Crippen molar-refractivity contribution in [2.45, 2.75) is 4.90 Å². The molecule has 7 nitrogen and oxygen atoms in total. The molecule has 4 rings (SSSR count). The lowest BCUT2D eigenvalue weighted by molar-refractivity contribution is -0.111. The van der Waals surface area contributed by atoms with E-state index in [1.807, 2.05) is 19.3 Å². The highest BCUT2D eigenvalue weighted by Gasteiger charge is 2.20. The Morgan fingerprint density at radius 2 is 2.07 bits per heavy atom. The molecule has 0 atom stereocenters. The summed E-state index contributed by atoms with van der Waals surface area (Å²) in [7, 11) is -1.59. The zero-order chi connectivity index (χ0) is 19.7. The molecule has 0 saturated heterocycles. The van der Waals surface area contributed by atoms with Gasteiger partial charge in [0.1, 0.15) is 0 Å². The molecule has 28 heavy (non-hydrogen) atoms. The second-order valence-electron chi connectivity index (χ2n) is 6.29. The summed E-state index contributed by atoms with van der Waals surface area (Å²) in [6, 6.07) is 6.65. The standard InChI is InChI=1S/C20H16N4O3S/c1-24-13-16(12-22-24)18-6-8-21-11-15(18)3-5-20(25)23-17-4-2-14-7-9-28(26,27)19(14)10-17/h2-13H,1H3,(H,23,25). The summed E-state index contributed by atoms with van der Waals surface area (Å²) in [6.07, 6.45) is 11.6. The van der Waals surface area contributed by atoms with Crippen molar-refractivity contribution < 1.29 is 13.2 Å². The molecule has 140 valence electrons. The number of aromatic nitrogens is 3. The number of carbonyl (C=O) groups is 1. The summed E-state index contributed by atoms with van der Waals surface area (Å²) < 4.78 is 25.6. The molecule has 1 aliphatic rings. The molecule has 3 aromatic rings.